The highest BCUT2D eigenvalue weighted by Crippen LogP contribution is 2.33. The Bertz CT molecular complexity index is 1190. The fourth-order valence-electron chi connectivity index (χ4n) is 3.66. The molecule has 0 amide bonds. The number of allylic oxidation sites excluding steroid dienone is 1. The quantitative estimate of drug-likeness (QED) is 0.564. The van der Waals surface area contributed by atoms with Crippen molar-refractivity contribution in [3.05, 3.63) is 89.8 Å². The van der Waals surface area contributed by atoms with Gasteiger partial charge in [-0.1, -0.05) is 48.5 Å². The third-order valence-corrected chi connectivity index (χ3v) is 5.09. The SMILES string of the molecule is COc1ccc([C@@H]2C=C(c3ccc4ccccc4c3)Nc3nc(C)nn32)cc1. The largest absolute Gasteiger partial charge is 0.497 e. The smallest absolute Gasteiger partial charge is 0.226 e. The standard InChI is InChI=1S/C23H20N4O/c1-15-24-23-25-21(19-8-7-16-5-3-4-6-18(16)13-19)14-22(27(23)26-15)17-9-11-20(28-2)12-10-17/h3-14,22H,1-2H3,(H,24,25,26)/t22-/m0/s1. The molecular weight excluding hydrogens is 348 g/mol. The molecule has 5 rings (SSSR count). The van der Waals surface area contributed by atoms with Gasteiger partial charge in [0.1, 0.15) is 17.6 Å². The summed E-state index contributed by atoms with van der Waals surface area (Å²) in [6, 6.07) is 23.0. The normalized spacial score (nSPS) is 15.6. The zero-order chi connectivity index (χ0) is 19.1. The zero-order valence-electron chi connectivity index (χ0n) is 15.8. The van der Waals surface area contributed by atoms with Crippen LogP contribution in [0.2, 0.25) is 0 Å². The number of ether oxygens (including phenoxy) is 1. The maximum atomic E-state index is 5.30. The van der Waals surface area contributed by atoms with Gasteiger partial charge in [0.05, 0.1) is 7.11 Å². The molecule has 1 aliphatic heterocycles. The van der Waals surface area contributed by atoms with Crippen molar-refractivity contribution >= 4 is 22.4 Å². The van der Waals surface area contributed by atoms with Crippen LogP contribution in [-0.2, 0) is 0 Å². The predicted molar refractivity (Wildman–Crippen MR) is 111 cm³/mol. The summed E-state index contributed by atoms with van der Waals surface area (Å²) in [5, 5.41) is 10.5. The summed E-state index contributed by atoms with van der Waals surface area (Å²) >= 11 is 0. The van der Waals surface area contributed by atoms with Gasteiger partial charge in [0.25, 0.3) is 0 Å². The third-order valence-electron chi connectivity index (χ3n) is 5.09. The number of nitrogens with zero attached hydrogens (tertiary/aromatic N) is 3. The molecule has 28 heavy (non-hydrogen) atoms. The van der Waals surface area contributed by atoms with Crippen molar-refractivity contribution in [3.8, 4) is 5.75 Å². The van der Waals surface area contributed by atoms with Crippen LogP contribution in [0.4, 0.5) is 5.95 Å². The van der Waals surface area contributed by atoms with Crippen LogP contribution < -0.4 is 10.1 Å². The first-order chi connectivity index (χ1) is 13.7. The molecule has 0 saturated heterocycles. The Morgan fingerprint density at radius 2 is 1.75 bits per heavy atom. The van der Waals surface area contributed by atoms with Gasteiger partial charge in [-0.2, -0.15) is 10.1 Å². The van der Waals surface area contributed by atoms with Gasteiger partial charge in [-0.05, 0) is 53.1 Å². The van der Waals surface area contributed by atoms with E-state index in [0.29, 0.717) is 0 Å². The van der Waals surface area contributed by atoms with Crippen molar-refractivity contribution in [2.75, 3.05) is 12.4 Å². The highest BCUT2D eigenvalue weighted by atomic mass is 16.5. The van der Waals surface area contributed by atoms with E-state index >= 15 is 0 Å². The van der Waals surface area contributed by atoms with Gasteiger partial charge >= 0.3 is 0 Å². The van der Waals surface area contributed by atoms with Crippen molar-refractivity contribution in [1.29, 1.82) is 0 Å². The number of hydrogen-bond donors (Lipinski definition) is 1. The van der Waals surface area contributed by atoms with E-state index < -0.39 is 0 Å². The zero-order valence-corrected chi connectivity index (χ0v) is 15.8. The van der Waals surface area contributed by atoms with Crippen molar-refractivity contribution in [3.63, 3.8) is 0 Å². The van der Waals surface area contributed by atoms with Gasteiger partial charge in [0.15, 0.2) is 0 Å². The minimum absolute atomic E-state index is 0.0372. The molecule has 1 aromatic heterocycles. The molecule has 0 radical (unpaired) electrons. The topological polar surface area (TPSA) is 52.0 Å². The van der Waals surface area contributed by atoms with Crippen LogP contribution in [-0.4, -0.2) is 21.9 Å². The fourth-order valence-corrected chi connectivity index (χ4v) is 3.66. The minimum atomic E-state index is -0.0372. The Labute approximate surface area is 163 Å². The van der Waals surface area contributed by atoms with Crippen LogP contribution in [0.5, 0.6) is 5.75 Å². The number of nitrogens with one attached hydrogen (secondary N) is 1. The molecule has 1 aliphatic rings. The molecular formula is C23H20N4O. The average molecular weight is 368 g/mol. The van der Waals surface area contributed by atoms with Crippen molar-refractivity contribution in [2.24, 2.45) is 0 Å². The molecule has 0 fully saturated rings. The number of hydrogen-bond acceptors (Lipinski definition) is 4. The second-order valence-corrected chi connectivity index (χ2v) is 6.91. The Kier molecular flexibility index (Phi) is 3.86. The summed E-state index contributed by atoms with van der Waals surface area (Å²) in [6.07, 6.45) is 2.20. The van der Waals surface area contributed by atoms with Crippen LogP contribution in [0, 0.1) is 6.92 Å². The summed E-state index contributed by atoms with van der Waals surface area (Å²) in [6.45, 7) is 1.91. The van der Waals surface area contributed by atoms with Crippen molar-refractivity contribution < 1.29 is 4.74 Å². The first-order valence-corrected chi connectivity index (χ1v) is 9.26. The number of rotatable bonds is 3. The van der Waals surface area contributed by atoms with Crippen LogP contribution in [0.3, 0.4) is 0 Å². The molecule has 4 aromatic rings. The summed E-state index contributed by atoms with van der Waals surface area (Å²) in [5.74, 6) is 2.34. The van der Waals surface area contributed by atoms with Crippen molar-refractivity contribution in [1.82, 2.24) is 14.8 Å². The lowest BCUT2D eigenvalue weighted by Crippen LogP contribution is -2.20. The number of benzene rings is 3. The summed E-state index contributed by atoms with van der Waals surface area (Å²) < 4.78 is 7.23. The van der Waals surface area contributed by atoms with Gasteiger partial charge in [0.2, 0.25) is 5.95 Å². The first kappa shape index (κ1) is 16.6. The molecule has 138 valence electrons. The Morgan fingerprint density at radius 3 is 2.54 bits per heavy atom. The molecule has 0 saturated carbocycles. The molecule has 3 aromatic carbocycles. The van der Waals surface area contributed by atoms with Gasteiger partial charge < -0.3 is 10.1 Å². The highest BCUT2D eigenvalue weighted by Gasteiger charge is 2.24. The number of anilines is 1. The Balaban J connectivity index is 1.61. The highest BCUT2D eigenvalue weighted by molar-refractivity contribution is 5.88. The Morgan fingerprint density at radius 1 is 0.964 bits per heavy atom. The van der Waals surface area contributed by atoms with Crippen LogP contribution in [0.25, 0.3) is 16.5 Å². The van der Waals surface area contributed by atoms with Gasteiger partial charge in [-0.25, -0.2) is 4.68 Å². The monoisotopic (exact) mass is 368 g/mol. The van der Waals surface area contributed by atoms with E-state index in [0.717, 1.165) is 34.3 Å². The van der Waals surface area contributed by atoms with Crippen LogP contribution in [0.15, 0.2) is 72.8 Å². The predicted octanol–water partition coefficient (Wildman–Crippen LogP) is 4.80. The van der Waals surface area contributed by atoms with E-state index in [1.165, 1.54) is 10.8 Å². The number of fused-ring (bicyclic) bond motifs is 2. The van der Waals surface area contributed by atoms with E-state index in [-0.39, 0.29) is 6.04 Å². The molecule has 0 aliphatic carbocycles. The second-order valence-electron chi connectivity index (χ2n) is 6.91. The lowest BCUT2D eigenvalue weighted by atomic mass is 10.00. The van der Waals surface area contributed by atoms with E-state index in [9.17, 15) is 0 Å². The second kappa shape index (κ2) is 6.53. The molecule has 5 heteroatoms. The molecule has 5 nitrogen and oxygen atoms in total. The van der Waals surface area contributed by atoms with Crippen LogP contribution in [0.1, 0.15) is 23.0 Å². The number of methoxy groups -OCH3 is 1. The molecule has 1 atom stereocenters. The molecule has 2 heterocycles. The summed E-state index contributed by atoms with van der Waals surface area (Å²) in [5.41, 5.74) is 3.29. The van der Waals surface area contributed by atoms with E-state index in [4.69, 9.17) is 4.74 Å². The van der Waals surface area contributed by atoms with Gasteiger partial charge in [-0.3, -0.25) is 0 Å². The minimum Gasteiger partial charge on any atom is -0.497 e. The lowest BCUT2D eigenvalue weighted by Gasteiger charge is -2.24. The lowest BCUT2D eigenvalue weighted by molar-refractivity contribution is 0.414. The Hall–Kier alpha value is -3.60. The van der Waals surface area contributed by atoms with Crippen molar-refractivity contribution in [2.45, 2.75) is 13.0 Å². The molecule has 0 bridgehead atoms. The maximum absolute atomic E-state index is 5.30. The summed E-state index contributed by atoms with van der Waals surface area (Å²) in [4.78, 5) is 4.57. The molecule has 0 spiro atoms. The van der Waals surface area contributed by atoms with E-state index in [1.807, 2.05) is 23.7 Å². The number of aryl methyl sites for hydroxylation is 1. The first-order valence-electron chi connectivity index (χ1n) is 9.26. The third kappa shape index (κ3) is 2.81. The molecule has 0 unspecified atom stereocenters. The maximum Gasteiger partial charge on any atom is 0.226 e. The molecule has 1 N–H and O–H groups in total. The average Bonchev–Trinajstić information content (AvgIpc) is 3.13. The van der Waals surface area contributed by atoms with E-state index in [1.54, 1.807) is 7.11 Å². The summed E-state index contributed by atoms with van der Waals surface area (Å²) in [7, 11) is 1.68. The van der Waals surface area contributed by atoms with Gasteiger partial charge in [-0.15, -0.1) is 0 Å². The number of aromatic nitrogens is 3. The fraction of sp³-hybridized carbons (Fsp3) is 0.130. The van der Waals surface area contributed by atoms with E-state index in [2.05, 4.69) is 76.1 Å². The van der Waals surface area contributed by atoms with Crippen LogP contribution >= 0.6 is 0 Å². The van der Waals surface area contributed by atoms with Gasteiger partial charge in [0, 0.05) is 5.70 Å².